The molecule has 5 heteroatoms. The highest BCUT2D eigenvalue weighted by Gasteiger charge is 2.46. The molecule has 6 rings (SSSR count). The Hall–Kier alpha value is -1.60. The third kappa shape index (κ3) is 3.91. The van der Waals surface area contributed by atoms with E-state index < -0.39 is 0 Å². The SMILES string of the molecule is C[N+]12CCC(CC1)[C@@H](OC(=O)N1CCc3ccccc3[C@@H]1c1ccccc1)C2.[I-]. The van der Waals surface area contributed by atoms with E-state index in [1.165, 1.54) is 37.1 Å². The highest BCUT2D eigenvalue weighted by molar-refractivity contribution is 5.70. The summed E-state index contributed by atoms with van der Waals surface area (Å²) < 4.78 is 7.22. The number of rotatable bonds is 2. The van der Waals surface area contributed by atoms with Crippen molar-refractivity contribution in [1.82, 2.24) is 4.90 Å². The van der Waals surface area contributed by atoms with Gasteiger partial charge in [0.05, 0.1) is 26.2 Å². The van der Waals surface area contributed by atoms with Gasteiger partial charge in [0, 0.05) is 25.3 Å². The van der Waals surface area contributed by atoms with Gasteiger partial charge in [-0.05, 0) is 23.1 Å². The number of fused-ring (bicyclic) bond motifs is 4. The summed E-state index contributed by atoms with van der Waals surface area (Å²) in [5, 5.41) is 0. The molecule has 4 aliphatic heterocycles. The number of halogens is 1. The zero-order valence-electron chi connectivity index (χ0n) is 17.0. The van der Waals surface area contributed by atoms with Crippen LogP contribution in [0.2, 0.25) is 0 Å². The molecule has 1 amide bonds. The van der Waals surface area contributed by atoms with Crippen molar-refractivity contribution in [2.24, 2.45) is 5.92 Å². The van der Waals surface area contributed by atoms with Gasteiger partial charge in [0.1, 0.15) is 6.54 Å². The Bertz CT molecular complexity index is 864. The molecule has 0 aromatic heterocycles. The monoisotopic (exact) mass is 504 g/mol. The maximum Gasteiger partial charge on any atom is 0.411 e. The van der Waals surface area contributed by atoms with E-state index in [-0.39, 0.29) is 42.2 Å². The molecular formula is C24H29IN2O2. The number of benzene rings is 2. The Morgan fingerprint density at radius 2 is 1.72 bits per heavy atom. The molecule has 0 saturated carbocycles. The average Bonchev–Trinajstić information content (AvgIpc) is 2.73. The van der Waals surface area contributed by atoms with Gasteiger partial charge >= 0.3 is 6.09 Å². The van der Waals surface area contributed by atoms with Gasteiger partial charge in [-0.15, -0.1) is 0 Å². The Labute approximate surface area is 190 Å². The molecule has 0 unspecified atom stereocenters. The zero-order chi connectivity index (χ0) is 19.1. The van der Waals surface area contributed by atoms with Crippen LogP contribution in [0.15, 0.2) is 54.6 Å². The molecule has 0 aliphatic carbocycles. The van der Waals surface area contributed by atoms with Crippen molar-refractivity contribution in [3.8, 4) is 0 Å². The van der Waals surface area contributed by atoms with Crippen molar-refractivity contribution in [3.63, 3.8) is 0 Å². The Balaban J connectivity index is 0.00000205. The fourth-order valence-electron chi connectivity index (χ4n) is 5.44. The second kappa shape index (κ2) is 8.26. The lowest BCUT2D eigenvalue weighted by Crippen LogP contribution is -3.00. The molecule has 4 heterocycles. The third-order valence-electron chi connectivity index (χ3n) is 7.11. The van der Waals surface area contributed by atoms with Gasteiger partial charge in [-0.3, -0.25) is 4.90 Å². The number of hydrogen-bond acceptors (Lipinski definition) is 2. The van der Waals surface area contributed by atoms with Gasteiger partial charge in [0.15, 0.2) is 6.10 Å². The summed E-state index contributed by atoms with van der Waals surface area (Å²) in [6, 6.07) is 18.8. The second-order valence-electron chi connectivity index (χ2n) is 8.96. The summed E-state index contributed by atoms with van der Waals surface area (Å²) in [5.74, 6) is 0.538. The van der Waals surface area contributed by atoms with Crippen molar-refractivity contribution < 1.29 is 38.0 Å². The van der Waals surface area contributed by atoms with Gasteiger partial charge in [-0.25, -0.2) is 4.79 Å². The molecule has 4 nitrogen and oxygen atoms in total. The predicted octanol–water partition coefficient (Wildman–Crippen LogP) is 1.01. The molecule has 3 fully saturated rings. The smallest absolute Gasteiger partial charge is 0.411 e. The summed E-state index contributed by atoms with van der Waals surface area (Å²) in [5.41, 5.74) is 3.71. The molecule has 2 aromatic rings. The van der Waals surface area contributed by atoms with E-state index in [9.17, 15) is 4.79 Å². The van der Waals surface area contributed by atoms with E-state index in [1.54, 1.807) is 0 Å². The fourth-order valence-corrected chi connectivity index (χ4v) is 5.44. The lowest BCUT2D eigenvalue weighted by Gasteiger charge is -2.50. The summed E-state index contributed by atoms with van der Waals surface area (Å²) in [6.45, 7) is 4.13. The molecule has 3 saturated heterocycles. The lowest BCUT2D eigenvalue weighted by molar-refractivity contribution is -0.928. The van der Waals surface area contributed by atoms with Crippen LogP contribution in [-0.2, 0) is 11.2 Å². The van der Waals surface area contributed by atoms with Crippen LogP contribution < -0.4 is 24.0 Å². The van der Waals surface area contributed by atoms with Crippen LogP contribution in [0.3, 0.4) is 0 Å². The molecule has 154 valence electrons. The van der Waals surface area contributed by atoms with Gasteiger partial charge in [-0.1, -0.05) is 54.6 Å². The summed E-state index contributed by atoms with van der Waals surface area (Å²) in [7, 11) is 2.31. The molecule has 29 heavy (non-hydrogen) atoms. The van der Waals surface area contributed by atoms with Crippen LogP contribution in [-0.4, -0.2) is 54.8 Å². The first-order valence-corrected chi connectivity index (χ1v) is 10.6. The standard InChI is InChI=1S/C24H29N2O2.HI/c1-26-15-12-19(13-16-26)22(17-26)28-24(27)25-14-11-18-7-5-6-10-21(18)23(25)20-8-3-2-4-9-20;/h2-10,19,22-23H,11-17H2,1H3;1H/q+1;/p-1/t19?,22-,23-,26?;/m0./s1. The number of amides is 1. The molecule has 0 radical (unpaired) electrons. The van der Waals surface area contributed by atoms with Gasteiger partial charge in [0.25, 0.3) is 0 Å². The fraction of sp³-hybridized carbons (Fsp3) is 0.458. The highest BCUT2D eigenvalue weighted by atomic mass is 127. The van der Waals surface area contributed by atoms with Gasteiger partial charge < -0.3 is 33.2 Å². The van der Waals surface area contributed by atoms with Gasteiger partial charge in [0.2, 0.25) is 0 Å². The first kappa shape index (κ1) is 20.7. The van der Waals surface area contributed by atoms with Crippen LogP contribution in [0, 0.1) is 5.92 Å². The number of carbonyl (C=O) groups is 1. The van der Waals surface area contributed by atoms with Crippen LogP contribution in [0.1, 0.15) is 35.6 Å². The van der Waals surface area contributed by atoms with Crippen molar-refractivity contribution in [2.45, 2.75) is 31.4 Å². The average molecular weight is 504 g/mol. The second-order valence-corrected chi connectivity index (χ2v) is 8.96. The van der Waals surface area contributed by atoms with E-state index in [1.807, 2.05) is 11.0 Å². The molecule has 0 spiro atoms. The third-order valence-corrected chi connectivity index (χ3v) is 7.11. The van der Waals surface area contributed by atoms with Crippen molar-refractivity contribution >= 4 is 6.09 Å². The lowest BCUT2D eigenvalue weighted by atomic mass is 9.84. The Morgan fingerprint density at radius 3 is 2.45 bits per heavy atom. The maximum absolute atomic E-state index is 13.3. The highest BCUT2D eigenvalue weighted by Crippen LogP contribution is 2.38. The topological polar surface area (TPSA) is 29.5 Å². The molecule has 0 N–H and O–H groups in total. The number of likely N-dealkylation sites (N-methyl/N-ethyl adjacent to an activating group) is 1. The number of quaternary nitrogens is 1. The predicted molar refractivity (Wildman–Crippen MR) is 109 cm³/mol. The minimum atomic E-state index is -0.145. The normalized spacial score (nSPS) is 30.2. The first-order chi connectivity index (χ1) is 13.6. The van der Waals surface area contributed by atoms with Crippen molar-refractivity contribution in [3.05, 3.63) is 71.3 Å². The van der Waals surface area contributed by atoms with E-state index in [4.69, 9.17) is 4.74 Å². The minimum Gasteiger partial charge on any atom is -1.00 e. The summed E-state index contributed by atoms with van der Waals surface area (Å²) in [6.07, 6.45) is 3.16. The van der Waals surface area contributed by atoms with E-state index in [2.05, 4.69) is 55.6 Å². The Kier molecular flexibility index (Phi) is 5.89. The summed E-state index contributed by atoms with van der Waals surface area (Å²) >= 11 is 0. The van der Waals surface area contributed by atoms with Crippen molar-refractivity contribution in [1.29, 1.82) is 0 Å². The number of hydrogen-bond donors (Lipinski definition) is 0. The van der Waals surface area contributed by atoms with Crippen LogP contribution >= 0.6 is 0 Å². The van der Waals surface area contributed by atoms with Crippen LogP contribution in [0.5, 0.6) is 0 Å². The molecule has 2 atom stereocenters. The van der Waals surface area contributed by atoms with E-state index in [0.29, 0.717) is 12.5 Å². The zero-order valence-corrected chi connectivity index (χ0v) is 19.1. The molecule has 2 aromatic carbocycles. The number of ether oxygens (including phenoxy) is 1. The van der Waals surface area contributed by atoms with Crippen LogP contribution in [0.25, 0.3) is 0 Å². The Morgan fingerprint density at radius 1 is 1.03 bits per heavy atom. The quantitative estimate of drug-likeness (QED) is 0.452. The van der Waals surface area contributed by atoms with E-state index >= 15 is 0 Å². The molecular weight excluding hydrogens is 475 g/mol. The maximum atomic E-state index is 13.3. The largest absolute Gasteiger partial charge is 1.00 e. The summed E-state index contributed by atoms with van der Waals surface area (Å²) in [4.78, 5) is 15.3. The molecule has 4 aliphatic rings. The van der Waals surface area contributed by atoms with E-state index in [0.717, 1.165) is 23.0 Å². The van der Waals surface area contributed by atoms with Crippen molar-refractivity contribution in [2.75, 3.05) is 33.2 Å². The van der Waals surface area contributed by atoms with Gasteiger partial charge in [-0.2, -0.15) is 0 Å². The first-order valence-electron chi connectivity index (χ1n) is 10.6. The molecule has 2 bridgehead atoms. The van der Waals surface area contributed by atoms with Crippen LogP contribution in [0.4, 0.5) is 4.79 Å². The number of piperidine rings is 3. The minimum absolute atomic E-state index is 0. The number of nitrogens with zero attached hydrogens (tertiary/aromatic N) is 2. The number of carbonyl (C=O) groups excluding carboxylic acids is 1.